The van der Waals surface area contributed by atoms with Gasteiger partial charge < -0.3 is 0 Å². The minimum absolute atomic E-state index is 0.183. The van der Waals surface area contributed by atoms with E-state index >= 15 is 0 Å². The van der Waals surface area contributed by atoms with E-state index in [0.717, 1.165) is 6.42 Å². The Morgan fingerprint density at radius 2 is 1.78 bits per heavy atom. The SMILES string of the molecule is CC(CF)CC(C)(C)C. The summed E-state index contributed by atoms with van der Waals surface area (Å²) in [6.45, 7) is 8.18. The molecule has 1 unspecified atom stereocenters. The second-order valence-electron chi connectivity index (χ2n) is 4.02. The summed E-state index contributed by atoms with van der Waals surface area (Å²) in [6.07, 6.45) is 0.976. The van der Waals surface area contributed by atoms with Gasteiger partial charge in [0.05, 0.1) is 6.67 Å². The molecule has 0 rings (SSSR count). The van der Waals surface area contributed by atoms with Gasteiger partial charge in [0.1, 0.15) is 0 Å². The van der Waals surface area contributed by atoms with Crippen molar-refractivity contribution in [3.8, 4) is 0 Å². The molecule has 0 saturated carbocycles. The lowest BCUT2D eigenvalue weighted by Gasteiger charge is -2.20. The van der Waals surface area contributed by atoms with Crippen LogP contribution in [0.3, 0.4) is 0 Å². The van der Waals surface area contributed by atoms with Gasteiger partial charge in [0.15, 0.2) is 0 Å². The second kappa shape index (κ2) is 3.19. The summed E-state index contributed by atoms with van der Waals surface area (Å²) >= 11 is 0. The molecule has 0 amide bonds. The van der Waals surface area contributed by atoms with Gasteiger partial charge in [-0.25, -0.2) is 0 Å². The molecule has 1 heteroatoms. The molecule has 9 heavy (non-hydrogen) atoms. The molecular formula is C8H17F. The lowest BCUT2D eigenvalue weighted by atomic mass is 9.86. The van der Waals surface area contributed by atoms with Gasteiger partial charge >= 0.3 is 0 Å². The molecule has 0 aromatic rings. The summed E-state index contributed by atoms with van der Waals surface area (Å²) in [6, 6.07) is 0. The maximum atomic E-state index is 11.9. The van der Waals surface area contributed by atoms with E-state index in [9.17, 15) is 4.39 Å². The zero-order valence-electron chi connectivity index (χ0n) is 6.87. The van der Waals surface area contributed by atoms with E-state index in [1.807, 2.05) is 6.92 Å². The molecule has 0 aliphatic carbocycles. The minimum atomic E-state index is -0.183. The van der Waals surface area contributed by atoms with Gasteiger partial charge in [0.25, 0.3) is 0 Å². The van der Waals surface area contributed by atoms with Crippen LogP contribution in [0.25, 0.3) is 0 Å². The summed E-state index contributed by atoms with van der Waals surface area (Å²) in [7, 11) is 0. The Balaban J connectivity index is 3.47. The van der Waals surface area contributed by atoms with Crippen LogP contribution in [-0.2, 0) is 0 Å². The third kappa shape index (κ3) is 5.81. The van der Waals surface area contributed by atoms with E-state index < -0.39 is 0 Å². The highest BCUT2D eigenvalue weighted by molar-refractivity contribution is 4.65. The Hall–Kier alpha value is -0.0700. The third-order valence-electron chi connectivity index (χ3n) is 1.22. The molecule has 1 atom stereocenters. The fourth-order valence-electron chi connectivity index (χ4n) is 1.10. The van der Waals surface area contributed by atoms with Gasteiger partial charge in [-0.15, -0.1) is 0 Å². The zero-order chi connectivity index (χ0) is 7.49. The van der Waals surface area contributed by atoms with Crippen molar-refractivity contribution in [2.24, 2.45) is 11.3 Å². The van der Waals surface area contributed by atoms with Crippen LogP contribution in [0.5, 0.6) is 0 Å². The van der Waals surface area contributed by atoms with Crippen molar-refractivity contribution in [3.05, 3.63) is 0 Å². The first-order valence-corrected chi connectivity index (χ1v) is 3.51. The molecule has 0 saturated heterocycles. The molecular weight excluding hydrogens is 115 g/mol. The number of alkyl halides is 1. The molecule has 0 aliphatic heterocycles. The fourth-order valence-corrected chi connectivity index (χ4v) is 1.10. The topological polar surface area (TPSA) is 0 Å². The molecule has 0 fully saturated rings. The van der Waals surface area contributed by atoms with Gasteiger partial charge in [-0.1, -0.05) is 27.7 Å². The Morgan fingerprint density at radius 3 is 1.89 bits per heavy atom. The van der Waals surface area contributed by atoms with Crippen LogP contribution < -0.4 is 0 Å². The lowest BCUT2D eigenvalue weighted by molar-refractivity contribution is 0.263. The number of hydrogen-bond acceptors (Lipinski definition) is 0. The van der Waals surface area contributed by atoms with Gasteiger partial charge in [0, 0.05) is 0 Å². The first-order chi connectivity index (χ1) is 3.95. The first kappa shape index (κ1) is 8.93. The van der Waals surface area contributed by atoms with E-state index in [1.165, 1.54) is 0 Å². The molecule has 0 radical (unpaired) electrons. The molecule has 0 aliphatic rings. The summed E-state index contributed by atoms with van der Waals surface area (Å²) < 4.78 is 11.9. The minimum Gasteiger partial charge on any atom is -0.251 e. The van der Waals surface area contributed by atoms with E-state index in [-0.39, 0.29) is 18.0 Å². The highest BCUT2D eigenvalue weighted by Crippen LogP contribution is 2.23. The second-order valence-corrected chi connectivity index (χ2v) is 4.02. The fraction of sp³-hybridized carbons (Fsp3) is 1.00. The van der Waals surface area contributed by atoms with Crippen LogP contribution in [-0.4, -0.2) is 6.67 Å². The molecule has 56 valence electrons. The number of halogens is 1. The molecule has 0 bridgehead atoms. The molecule has 0 heterocycles. The summed E-state index contributed by atoms with van der Waals surface area (Å²) in [4.78, 5) is 0. The highest BCUT2D eigenvalue weighted by Gasteiger charge is 2.14. The van der Waals surface area contributed by atoms with Gasteiger partial charge in [0.2, 0.25) is 0 Å². The summed E-state index contributed by atoms with van der Waals surface area (Å²) in [5, 5.41) is 0. The van der Waals surface area contributed by atoms with Gasteiger partial charge in [-0.05, 0) is 17.8 Å². The molecule has 0 nitrogen and oxygen atoms in total. The normalized spacial score (nSPS) is 15.7. The van der Waals surface area contributed by atoms with Crippen LogP contribution in [0.4, 0.5) is 4.39 Å². The molecule has 0 N–H and O–H groups in total. The van der Waals surface area contributed by atoms with E-state index in [2.05, 4.69) is 20.8 Å². The Kier molecular flexibility index (Phi) is 3.16. The van der Waals surface area contributed by atoms with Crippen LogP contribution in [0, 0.1) is 11.3 Å². The average molecular weight is 132 g/mol. The van der Waals surface area contributed by atoms with E-state index in [1.54, 1.807) is 0 Å². The predicted octanol–water partition coefficient (Wildman–Crippen LogP) is 3.03. The highest BCUT2D eigenvalue weighted by atomic mass is 19.1. The van der Waals surface area contributed by atoms with Crippen molar-refractivity contribution in [1.82, 2.24) is 0 Å². The van der Waals surface area contributed by atoms with Crippen LogP contribution in [0.1, 0.15) is 34.1 Å². The van der Waals surface area contributed by atoms with Crippen molar-refractivity contribution < 1.29 is 4.39 Å². The zero-order valence-corrected chi connectivity index (χ0v) is 6.87. The van der Waals surface area contributed by atoms with Crippen molar-refractivity contribution in [2.45, 2.75) is 34.1 Å². The van der Waals surface area contributed by atoms with Gasteiger partial charge in [-0.3, -0.25) is 4.39 Å². The van der Waals surface area contributed by atoms with Crippen LogP contribution in [0.15, 0.2) is 0 Å². The van der Waals surface area contributed by atoms with Crippen molar-refractivity contribution in [2.75, 3.05) is 6.67 Å². The molecule has 0 aromatic heterocycles. The monoisotopic (exact) mass is 132 g/mol. The Bertz CT molecular complexity index is 71.1. The summed E-state index contributed by atoms with van der Waals surface area (Å²) in [5.41, 5.74) is 0.283. The maximum Gasteiger partial charge on any atom is 0.0920 e. The largest absolute Gasteiger partial charge is 0.251 e. The third-order valence-corrected chi connectivity index (χ3v) is 1.22. The Labute approximate surface area is 57.5 Å². The lowest BCUT2D eigenvalue weighted by Crippen LogP contribution is -2.11. The van der Waals surface area contributed by atoms with Crippen molar-refractivity contribution in [1.29, 1.82) is 0 Å². The maximum absolute atomic E-state index is 11.9. The average Bonchev–Trinajstić information content (AvgIpc) is 1.62. The Morgan fingerprint density at radius 1 is 1.33 bits per heavy atom. The molecule has 0 aromatic carbocycles. The van der Waals surface area contributed by atoms with Crippen LogP contribution in [0.2, 0.25) is 0 Å². The van der Waals surface area contributed by atoms with Crippen LogP contribution >= 0.6 is 0 Å². The van der Waals surface area contributed by atoms with E-state index in [4.69, 9.17) is 0 Å². The van der Waals surface area contributed by atoms with E-state index in [0.29, 0.717) is 0 Å². The van der Waals surface area contributed by atoms with Crippen molar-refractivity contribution in [3.63, 3.8) is 0 Å². The number of hydrogen-bond donors (Lipinski definition) is 0. The first-order valence-electron chi connectivity index (χ1n) is 3.51. The summed E-state index contributed by atoms with van der Waals surface area (Å²) in [5.74, 6) is 0.227. The molecule has 0 spiro atoms. The van der Waals surface area contributed by atoms with Gasteiger partial charge in [-0.2, -0.15) is 0 Å². The smallest absolute Gasteiger partial charge is 0.0920 e. The van der Waals surface area contributed by atoms with Crippen molar-refractivity contribution >= 4 is 0 Å². The quantitative estimate of drug-likeness (QED) is 0.541. The predicted molar refractivity (Wildman–Crippen MR) is 39.2 cm³/mol. The number of rotatable bonds is 2. The standard InChI is InChI=1S/C8H17F/c1-7(6-9)5-8(2,3)4/h7H,5-6H2,1-4H3.